The molecule has 96 valence electrons. The molecule has 4 nitrogen and oxygen atoms in total. The van der Waals surface area contributed by atoms with Crippen LogP contribution < -0.4 is 5.32 Å². The lowest BCUT2D eigenvalue weighted by Gasteiger charge is -2.20. The number of hydrogen-bond donors (Lipinski definition) is 1. The summed E-state index contributed by atoms with van der Waals surface area (Å²) in [6.07, 6.45) is 4.49. The number of nitrogens with one attached hydrogen (secondary N) is 1. The summed E-state index contributed by atoms with van der Waals surface area (Å²) < 4.78 is 5.40. The Kier molecular flexibility index (Phi) is 4.12. The van der Waals surface area contributed by atoms with Crippen LogP contribution in [0.4, 0.5) is 0 Å². The van der Waals surface area contributed by atoms with Gasteiger partial charge in [-0.1, -0.05) is 0 Å². The van der Waals surface area contributed by atoms with Crippen molar-refractivity contribution in [2.75, 3.05) is 13.7 Å². The zero-order valence-corrected chi connectivity index (χ0v) is 11.6. The van der Waals surface area contributed by atoms with Gasteiger partial charge in [-0.3, -0.25) is 0 Å². The molecular weight excluding hydrogens is 234 g/mol. The van der Waals surface area contributed by atoms with Gasteiger partial charge in [-0.05, 0) is 26.7 Å². The van der Waals surface area contributed by atoms with E-state index < -0.39 is 0 Å². The lowest BCUT2D eigenvalue weighted by Crippen LogP contribution is -2.25. The van der Waals surface area contributed by atoms with Crippen LogP contribution in [0.3, 0.4) is 0 Å². The Bertz CT molecular complexity index is 360. The van der Waals surface area contributed by atoms with Crippen LogP contribution in [0.25, 0.3) is 0 Å². The molecule has 0 spiro atoms. The van der Waals surface area contributed by atoms with E-state index >= 15 is 0 Å². The predicted molar refractivity (Wildman–Crippen MR) is 69.4 cm³/mol. The second kappa shape index (κ2) is 5.42. The van der Waals surface area contributed by atoms with Crippen molar-refractivity contribution < 1.29 is 4.74 Å². The number of ether oxygens (including phenoxy) is 1. The largest absolute Gasteiger partial charge is 0.378 e. The summed E-state index contributed by atoms with van der Waals surface area (Å²) in [6, 6.07) is 0.773. The highest BCUT2D eigenvalue weighted by Gasteiger charge is 2.21. The van der Waals surface area contributed by atoms with Crippen molar-refractivity contribution in [1.29, 1.82) is 0 Å². The topological polar surface area (TPSA) is 47.0 Å². The molecule has 0 amide bonds. The Hall–Kier alpha value is -0.520. The van der Waals surface area contributed by atoms with E-state index in [1.807, 2.05) is 0 Å². The fourth-order valence-corrected chi connectivity index (χ4v) is 2.63. The van der Waals surface area contributed by atoms with Crippen LogP contribution in [0, 0.1) is 0 Å². The summed E-state index contributed by atoms with van der Waals surface area (Å²) in [5.74, 6) is 0. The third-order valence-electron chi connectivity index (χ3n) is 2.99. The van der Waals surface area contributed by atoms with E-state index in [1.54, 1.807) is 18.4 Å². The molecule has 1 fully saturated rings. The Morgan fingerprint density at radius 1 is 1.35 bits per heavy atom. The molecule has 1 saturated carbocycles. The van der Waals surface area contributed by atoms with Gasteiger partial charge in [-0.2, -0.15) is 0 Å². The maximum Gasteiger partial charge on any atom is 0.120 e. The molecule has 0 aliphatic heterocycles. The van der Waals surface area contributed by atoms with Crippen molar-refractivity contribution in [2.24, 2.45) is 0 Å². The van der Waals surface area contributed by atoms with E-state index in [4.69, 9.17) is 4.74 Å². The summed E-state index contributed by atoms with van der Waals surface area (Å²) in [4.78, 5) is 0. The van der Waals surface area contributed by atoms with Crippen LogP contribution >= 0.6 is 11.3 Å². The van der Waals surface area contributed by atoms with Gasteiger partial charge in [0.05, 0.1) is 5.60 Å². The van der Waals surface area contributed by atoms with E-state index in [1.165, 1.54) is 12.8 Å². The molecule has 0 saturated heterocycles. The highest BCUT2D eigenvalue weighted by molar-refractivity contribution is 7.11. The molecule has 0 atom stereocenters. The predicted octanol–water partition coefficient (Wildman–Crippen LogP) is 1.80. The van der Waals surface area contributed by atoms with Crippen molar-refractivity contribution in [3.63, 3.8) is 0 Å². The highest BCUT2D eigenvalue weighted by Crippen LogP contribution is 2.20. The first-order chi connectivity index (χ1) is 8.09. The first-order valence-electron chi connectivity index (χ1n) is 6.19. The lowest BCUT2D eigenvalue weighted by molar-refractivity contribution is 0.0230. The van der Waals surface area contributed by atoms with E-state index in [-0.39, 0.29) is 5.60 Å². The minimum absolute atomic E-state index is 0.150. The van der Waals surface area contributed by atoms with E-state index in [0.717, 1.165) is 35.4 Å². The van der Waals surface area contributed by atoms with Crippen LogP contribution in [0.2, 0.25) is 0 Å². The number of rotatable bonds is 7. The summed E-state index contributed by atoms with van der Waals surface area (Å²) >= 11 is 1.70. The first kappa shape index (κ1) is 12.9. The second-order valence-electron chi connectivity index (χ2n) is 5.21. The van der Waals surface area contributed by atoms with Gasteiger partial charge in [0.1, 0.15) is 10.0 Å². The number of hydrogen-bond acceptors (Lipinski definition) is 5. The molecule has 2 rings (SSSR count). The molecule has 0 radical (unpaired) electrons. The summed E-state index contributed by atoms with van der Waals surface area (Å²) in [6.45, 7) is 5.17. The van der Waals surface area contributed by atoms with Gasteiger partial charge in [0.2, 0.25) is 0 Å². The zero-order valence-electron chi connectivity index (χ0n) is 10.8. The third-order valence-corrected chi connectivity index (χ3v) is 3.97. The van der Waals surface area contributed by atoms with Crippen LogP contribution in [0.15, 0.2) is 0 Å². The van der Waals surface area contributed by atoms with Crippen LogP contribution in [0.1, 0.15) is 36.7 Å². The molecule has 1 aromatic heterocycles. The molecule has 1 aromatic rings. The molecular formula is C12H21N3OS. The van der Waals surface area contributed by atoms with Crippen LogP contribution in [-0.2, 0) is 17.6 Å². The maximum absolute atomic E-state index is 5.40. The van der Waals surface area contributed by atoms with E-state index in [0.29, 0.717) is 0 Å². The third kappa shape index (κ3) is 4.33. The number of methoxy groups -OCH3 is 1. The molecule has 0 unspecified atom stereocenters. The fraction of sp³-hybridized carbons (Fsp3) is 0.833. The number of aromatic nitrogens is 2. The monoisotopic (exact) mass is 255 g/mol. The molecule has 1 aliphatic rings. The van der Waals surface area contributed by atoms with Crippen molar-refractivity contribution >= 4 is 11.3 Å². The number of nitrogens with zero attached hydrogens (tertiary/aromatic N) is 2. The average Bonchev–Trinajstić information content (AvgIpc) is 3.00. The molecule has 0 aromatic carbocycles. The summed E-state index contributed by atoms with van der Waals surface area (Å²) in [7, 11) is 1.74. The Balaban J connectivity index is 1.78. The van der Waals surface area contributed by atoms with Crippen molar-refractivity contribution in [3.05, 3.63) is 10.0 Å². The zero-order chi connectivity index (χ0) is 12.3. The Morgan fingerprint density at radius 3 is 2.71 bits per heavy atom. The van der Waals surface area contributed by atoms with Gasteiger partial charge in [-0.25, -0.2) is 0 Å². The normalized spacial score (nSPS) is 16.4. The van der Waals surface area contributed by atoms with Crippen molar-refractivity contribution in [3.8, 4) is 0 Å². The van der Waals surface area contributed by atoms with E-state index in [9.17, 15) is 0 Å². The Morgan fingerprint density at radius 2 is 2.06 bits per heavy atom. The Labute approximate surface area is 107 Å². The fourth-order valence-electron chi connectivity index (χ4n) is 1.57. The van der Waals surface area contributed by atoms with Gasteiger partial charge in [0.25, 0.3) is 0 Å². The lowest BCUT2D eigenvalue weighted by atomic mass is 10.1. The SMILES string of the molecule is COC(C)(C)Cc1nnc(CCNC2CC2)s1. The molecule has 5 heteroatoms. The minimum Gasteiger partial charge on any atom is -0.378 e. The standard InChI is InChI=1S/C12H21N3OS/c1-12(2,16-3)8-11-15-14-10(17-11)6-7-13-9-4-5-9/h9,13H,4-8H2,1-3H3. The molecule has 1 heterocycles. The molecule has 0 bridgehead atoms. The second-order valence-corrected chi connectivity index (χ2v) is 6.36. The van der Waals surface area contributed by atoms with E-state index in [2.05, 4.69) is 29.4 Å². The van der Waals surface area contributed by atoms with Gasteiger partial charge < -0.3 is 10.1 Å². The van der Waals surface area contributed by atoms with Gasteiger partial charge in [0.15, 0.2) is 0 Å². The van der Waals surface area contributed by atoms with Crippen LogP contribution in [0.5, 0.6) is 0 Å². The molecule has 17 heavy (non-hydrogen) atoms. The average molecular weight is 255 g/mol. The molecule has 1 aliphatic carbocycles. The molecule has 1 N–H and O–H groups in total. The van der Waals surface area contributed by atoms with Crippen molar-refractivity contribution in [2.45, 2.75) is 51.2 Å². The maximum atomic E-state index is 5.40. The quantitative estimate of drug-likeness (QED) is 0.807. The smallest absolute Gasteiger partial charge is 0.120 e. The van der Waals surface area contributed by atoms with Gasteiger partial charge in [0, 0.05) is 32.5 Å². The highest BCUT2D eigenvalue weighted by atomic mass is 32.1. The summed E-state index contributed by atoms with van der Waals surface area (Å²) in [5, 5.41) is 14.1. The van der Waals surface area contributed by atoms with Gasteiger partial charge in [-0.15, -0.1) is 21.5 Å². The van der Waals surface area contributed by atoms with Crippen LogP contribution in [-0.4, -0.2) is 35.5 Å². The first-order valence-corrected chi connectivity index (χ1v) is 7.00. The van der Waals surface area contributed by atoms with Gasteiger partial charge >= 0.3 is 0 Å². The minimum atomic E-state index is -0.150. The van der Waals surface area contributed by atoms with Crippen molar-refractivity contribution in [1.82, 2.24) is 15.5 Å². The summed E-state index contributed by atoms with van der Waals surface area (Å²) in [5.41, 5.74) is -0.150.